The maximum absolute atomic E-state index is 12.9. The number of benzene rings is 1. The van der Waals surface area contributed by atoms with Crippen molar-refractivity contribution in [3.63, 3.8) is 0 Å². The Labute approximate surface area is 122 Å². The van der Waals surface area contributed by atoms with Gasteiger partial charge in [0.2, 0.25) is 0 Å². The maximum atomic E-state index is 12.9. The first-order chi connectivity index (χ1) is 9.97. The molecule has 0 aliphatic carbocycles. The molecular weight excluding hydrogens is 273 g/mol. The minimum Gasteiger partial charge on any atom is -0.506 e. The first-order valence-corrected chi connectivity index (χ1v) is 6.76. The number of nitrogens with one attached hydrogen (secondary N) is 1. The van der Waals surface area contributed by atoms with E-state index in [4.69, 9.17) is 0 Å². The quantitative estimate of drug-likeness (QED) is 0.882. The number of nitrogens with zero attached hydrogens (tertiary/aromatic N) is 2. The van der Waals surface area contributed by atoms with Crippen LogP contribution in [0, 0.1) is 11.7 Å². The van der Waals surface area contributed by atoms with E-state index in [9.17, 15) is 14.3 Å². The van der Waals surface area contributed by atoms with E-state index in [-0.39, 0.29) is 11.6 Å². The smallest absolute Gasteiger partial charge is 0.275 e. The van der Waals surface area contributed by atoms with E-state index in [1.54, 1.807) is 0 Å². The van der Waals surface area contributed by atoms with Gasteiger partial charge in [0.1, 0.15) is 17.3 Å². The molecule has 0 aliphatic rings. The molecule has 0 aliphatic heterocycles. The molecule has 2 aromatic rings. The van der Waals surface area contributed by atoms with Gasteiger partial charge in [0.25, 0.3) is 5.56 Å². The highest BCUT2D eigenvalue weighted by atomic mass is 19.1. The number of aromatic nitrogens is 2. The van der Waals surface area contributed by atoms with Crippen LogP contribution in [0.5, 0.6) is 5.75 Å². The summed E-state index contributed by atoms with van der Waals surface area (Å²) in [6.07, 6.45) is 0. The van der Waals surface area contributed by atoms with Crippen LogP contribution in [0.2, 0.25) is 0 Å². The van der Waals surface area contributed by atoms with E-state index in [1.807, 2.05) is 0 Å². The summed E-state index contributed by atoms with van der Waals surface area (Å²) in [6, 6.07) is 6.56. The van der Waals surface area contributed by atoms with Crippen LogP contribution < -0.4 is 10.9 Å². The number of rotatable bonds is 5. The molecule has 0 fully saturated rings. The molecule has 112 valence electrons. The van der Waals surface area contributed by atoms with Crippen molar-refractivity contribution in [2.24, 2.45) is 5.92 Å². The Bertz CT molecular complexity index is 666. The van der Waals surface area contributed by atoms with Crippen molar-refractivity contribution in [1.29, 1.82) is 0 Å². The van der Waals surface area contributed by atoms with Crippen molar-refractivity contribution in [2.45, 2.75) is 20.4 Å². The SMILES string of the molecule is CC(C)CNCc1nn(-c2ccc(F)cc2)c(=O)cc1O. The maximum Gasteiger partial charge on any atom is 0.275 e. The topological polar surface area (TPSA) is 67.2 Å². The number of halogens is 1. The molecule has 0 saturated heterocycles. The Kier molecular flexibility index (Phi) is 4.70. The van der Waals surface area contributed by atoms with Gasteiger partial charge in [0.15, 0.2) is 0 Å². The van der Waals surface area contributed by atoms with E-state index >= 15 is 0 Å². The average molecular weight is 291 g/mol. The Morgan fingerprint density at radius 1 is 1.33 bits per heavy atom. The van der Waals surface area contributed by atoms with Crippen LogP contribution in [0.15, 0.2) is 35.1 Å². The van der Waals surface area contributed by atoms with Crippen LogP contribution in [0.25, 0.3) is 5.69 Å². The average Bonchev–Trinajstić information content (AvgIpc) is 2.42. The van der Waals surface area contributed by atoms with Crippen molar-refractivity contribution in [3.05, 3.63) is 52.2 Å². The summed E-state index contributed by atoms with van der Waals surface area (Å²) in [4.78, 5) is 11.9. The fourth-order valence-corrected chi connectivity index (χ4v) is 1.86. The third-order valence-corrected chi connectivity index (χ3v) is 2.90. The molecule has 21 heavy (non-hydrogen) atoms. The van der Waals surface area contributed by atoms with Gasteiger partial charge in [-0.2, -0.15) is 9.78 Å². The molecule has 0 radical (unpaired) electrons. The van der Waals surface area contributed by atoms with Crippen LogP contribution in [0.1, 0.15) is 19.5 Å². The minimum atomic E-state index is -0.466. The predicted molar refractivity (Wildman–Crippen MR) is 78.0 cm³/mol. The fourth-order valence-electron chi connectivity index (χ4n) is 1.86. The molecule has 0 bridgehead atoms. The normalized spacial score (nSPS) is 11.0. The van der Waals surface area contributed by atoms with Gasteiger partial charge in [-0.3, -0.25) is 4.79 Å². The second-order valence-corrected chi connectivity index (χ2v) is 5.23. The largest absolute Gasteiger partial charge is 0.506 e. The van der Waals surface area contributed by atoms with Crippen molar-refractivity contribution in [1.82, 2.24) is 15.1 Å². The summed E-state index contributed by atoms with van der Waals surface area (Å²) in [7, 11) is 0. The number of hydrogen-bond donors (Lipinski definition) is 2. The summed E-state index contributed by atoms with van der Waals surface area (Å²) in [6.45, 7) is 5.27. The van der Waals surface area contributed by atoms with E-state index in [2.05, 4.69) is 24.3 Å². The minimum absolute atomic E-state index is 0.144. The molecule has 0 saturated carbocycles. The third kappa shape index (κ3) is 3.88. The van der Waals surface area contributed by atoms with Crippen LogP contribution in [-0.4, -0.2) is 21.4 Å². The molecule has 0 unspecified atom stereocenters. The van der Waals surface area contributed by atoms with E-state index in [0.29, 0.717) is 23.8 Å². The Morgan fingerprint density at radius 3 is 2.62 bits per heavy atom. The van der Waals surface area contributed by atoms with Gasteiger partial charge in [-0.05, 0) is 36.7 Å². The zero-order valence-electron chi connectivity index (χ0n) is 12.0. The van der Waals surface area contributed by atoms with Crippen LogP contribution >= 0.6 is 0 Å². The summed E-state index contributed by atoms with van der Waals surface area (Å²) >= 11 is 0. The lowest BCUT2D eigenvalue weighted by Gasteiger charge is -2.10. The molecule has 0 spiro atoms. The zero-order valence-corrected chi connectivity index (χ0v) is 12.0. The second-order valence-electron chi connectivity index (χ2n) is 5.23. The monoisotopic (exact) mass is 291 g/mol. The molecule has 0 amide bonds. The van der Waals surface area contributed by atoms with Crippen molar-refractivity contribution >= 4 is 0 Å². The van der Waals surface area contributed by atoms with Gasteiger partial charge in [-0.25, -0.2) is 4.39 Å². The second kappa shape index (κ2) is 6.49. The van der Waals surface area contributed by atoms with Gasteiger partial charge in [0.05, 0.1) is 5.69 Å². The Hall–Kier alpha value is -2.21. The van der Waals surface area contributed by atoms with Crippen LogP contribution in [0.4, 0.5) is 4.39 Å². The molecule has 1 aromatic heterocycles. The summed E-state index contributed by atoms with van der Waals surface area (Å²) < 4.78 is 14.1. The van der Waals surface area contributed by atoms with Crippen molar-refractivity contribution < 1.29 is 9.50 Å². The molecule has 6 heteroatoms. The van der Waals surface area contributed by atoms with Crippen molar-refractivity contribution in [2.75, 3.05) is 6.54 Å². The Balaban J connectivity index is 2.30. The first-order valence-electron chi connectivity index (χ1n) is 6.76. The molecule has 2 rings (SSSR count). The molecule has 2 N–H and O–H groups in total. The molecule has 5 nitrogen and oxygen atoms in total. The predicted octanol–water partition coefficient (Wildman–Crippen LogP) is 1.82. The van der Waals surface area contributed by atoms with Gasteiger partial charge < -0.3 is 10.4 Å². The summed E-state index contributed by atoms with van der Waals surface area (Å²) in [5.41, 5.74) is 0.359. The van der Waals surface area contributed by atoms with Gasteiger partial charge in [-0.1, -0.05) is 13.8 Å². The summed E-state index contributed by atoms with van der Waals surface area (Å²) in [5.74, 6) is -0.0610. The molecule has 0 atom stereocenters. The fraction of sp³-hybridized carbons (Fsp3) is 0.333. The lowest BCUT2D eigenvalue weighted by Crippen LogP contribution is -2.25. The molecule has 1 aromatic carbocycles. The molecule has 1 heterocycles. The van der Waals surface area contributed by atoms with Crippen LogP contribution in [0.3, 0.4) is 0 Å². The van der Waals surface area contributed by atoms with Gasteiger partial charge in [-0.15, -0.1) is 0 Å². The van der Waals surface area contributed by atoms with Crippen LogP contribution in [-0.2, 0) is 6.54 Å². The number of hydrogen-bond acceptors (Lipinski definition) is 4. The lowest BCUT2D eigenvalue weighted by molar-refractivity contribution is 0.447. The van der Waals surface area contributed by atoms with E-state index < -0.39 is 5.56 Å². The Morgan fingerprint density at radius 2 is 2.00 bits per heavy atom. The number of aromatic hydroxyl groups is 1. The first kappa shape index (κ1) is 15.2. The lowest BCUT2D eigenvalue weighted by atomic mass is 10.2. The highest BCUT2D eigenvalue weighted by molar-refractivity contribution is 5.33. The van der Waals surface area contributed by atoms with Gasteiger partial charge >= 0.3 is 0 Å². The zero-order chi connectivity index (χ0) is 15.4. The molecular formula is C15H18FN3O2. The standard InChI is InChI=1S/C15H18FN3O2/c1-10(2)8-17-9-13-14(20)7-15(21)19(18-13)12-5-3-11(16)4-6-12/h3-7,10,17,20H,8-9H2,1-2H3. The van der Waals surface area contributed by atoms with Gasteiger partial charge in [0, 0.05) is 12.6 Å². The highest BCUT2D eigenvalue weighted by Crippen LogP contribution is 2.13. The third-order valence-electron chi connectivity index (χ3n) is 2.90. The van der Waals surface area contributed by atoms with E-state index in [0.717, 1.165) is 17.3 Å². The highest BCUT2D eigenvalue weighted by Gasteiger charge is 2.09. The summed E-state index contributed by atoms with van der Waals surface area (Å²) in [5, 5.41) is 17.1. The van der Waals surface area contributed by atoms with E-state index in [1.165, 1.54) is 24.3 Å². The van der Waals surface area contributed by atoms with Crippen molar-refractivity contribution in [3.8, 4) is 11.4 Å².